The van der Waals surface area contributed by atoms with Gasteiger partial charge in [-0.15, -0.1) is 0 Å². The van der Waals surface area contributed by atoms with E-state index < -0.39 is 0 Å². The van der Waals surface area contributed by atoms with Crippen LogP contribution in [0.4, 0.5) is 11.9 Å². The van der Waals surface area contributed by atoms with Crippen LogP contribution in [0.1, 0.15) is 20.3 Å². The van der Waals surface area contributed by atoms with Crippen LogP contribution in [0, 0.1) is 0 Å². The second-order valence-corrected chi connectivity index (χ2v) is 4.49. The van der Waals surface area contributed by atoms with Gasteiger partial charge in [-0.1, -0.05) is 0 Å². The van der Waals surface area contributed by atoms with Gasteiger partial charge in [0.25, 0.3) is 0 Å². The number of nitrogens with two attached hydrogens (primary N) is 1. The minimum absolute atomic E-state index is 0.0627. The molecule has 1 amide bonds. The maximum absolute atomic E-state index is 11.5. The third-order valence-corrected chi connectivity index (χ3v) is 2.24. The first-order chi connectivity index (χ1) is 10.0. The third-order valence-electron chi connectivity index (χ3n) is 2.24. The van der Waals surface area contributed by atoms with Gasteiger partial charge >= 0.3 is 6.01 Å². The van der Waals surface area contributed by atoms with E-state index in [1.807, 2.05) is 13.8 Å². The lowest BCUT2D eigenvalue weighted by Crippen LogP contribution is -2.28. The molecule has 0 saturated carbocycles. The van der Waals surface area contributed by atoms with Gasteiger partial charge in [-0.2, -0.15) is 15.0 Å². The zero-order chi connectivity index (χ0) is 15.7. The van der Waals surface area contributed by atoms with Crippen molar-refractivity contribution in [2.45, 2.75) is 26.4 Å². The van der Waals surface area contributed by atoms with Gasteiger partial charge in [0.05, 0.1) is 12.7 Å². The topological polar surface area (TPSA) is 124 Å². The smallest absolute Gasteiger partial charge is 0.323 e. The number of hydrogen-bond donors (Lipinski definition) is 3. The summed E-state index contributed by atoms with van der Waals surface area (Å²) in [5, 5.41) is 5.62. The van der Waals surface area contributed by atoms with E-state index in [1.165, 1.54) is 0 Å². The number of aromatic nitrogens is 3. The molecule has 1 rings (SSSR count). The van der Waals surface area contributed by atoms with E-state index in [9.17, 15) is 4.79 Å². The summed E-state index contributed by atoms with van der Waals surface area (Å²) in [6, 6.07) is 0.157. The second kappa shape index (κ2) is 8.90. The van der Waals surface area contributed by atoms with Crippen molar-refractivity contribution < 1.29 is 14.3 Å². The van der Waals surface area contributed by atoms with Crippen molar-refractivity contribution in [1.82, 2.24) is 20.3 Å². The molecule has 0 aliphatic rings. The van der Waals surface area contributed by atoms with E-state index in [2.05, 4.69) is 25.6 Å². The molecule has 0 radical (unpaired) electrons. The Hall–Kier alpha value is -2.16. The molecular formula is C12H22N6O3. The molecule has 9 heteroatoms. The maximum Gasteiger partial charge on any atom is 0.323 e. The summed E-state index contributed by atoms with van der Waals surface area (Å²) in [5.74, 6) is 0.260. The summed E-state index contributed by atoms with van der Waals surface area (Å²) in [4.78, 5) is 23.3. The molecule has 0 atom stereocenters. The SMILES string of the molecule is COCCNC(=O)CCNc1nc(N)nc(OC(C)C)n1. The highest BCUT2D eigenvalue weighted by molar-refractivity contribution is 5.76. The summed E-state index contributed by atoms with van der Waals surface area (Å²) in [6.45, 7) is 5.07. The number of rotatable bonds is 9. The first kappa shape index (κ1) is 16.9. The van der Waals surface area contributed by atoms with Gasteiger partial charge in [0.2, 0.25) is 17.8 Å². The number of anilines is 2. The Labute approximate surface area is 123 Å². The molecule has 0 aliphatic heterocycles. The summed E-state index contributed by atoms with van der Waals surface area (Å²) >= 11 is 0. The molecule has 0 bridgehead atoms. The molecule has 0 saturated heterocycles. The number of hydrogen-bond acceptors (Lipinski definition) is 8. The Morgan fingerprint density at radius 1 is 1.29 bits per heavy atom. The fourth-order valence-corrected chi connectivity index (χ4v) is 1.38. The predicted molar refractivity (Wildman–Crippen MR) is 78.0 cm³/mol. The van der Waals surface area contributed by atoms with Crippen LogP contribution in [0.15, 0.2) is 0 Å². The van der Waals surface area contributed by atoms with Crippen LogP contribution in [0.3, 0.4) is 0 Å². The number of amides is 1. The maximum atomic E-state index is 11.5. The highest BCUT2D eigenvalue weighted by Crippen LogP contribution is 2.10. The Balaban J connectivity index is 2.40. The minimum Gasteiger partial charge on any atom is -0.461 e. The van der Waals surface area contributed by atoms with Crippen molar-refractivity contribution in [3.05, 3.63) is 0 Å². The average Bonchev–Trinajstić information content (AvgIpc) is 2.37. The molecule has 1 heterocycles. The van der Waals surface area contributed by atoms with Gasteiger partial charge in [-0.05, 0) is 13.8 Å². The van der Waals surface area contributed by atoms with Crippen molar-refractivity contribution in [2.24, 2.45) is 0 Å². The van der Waals surface area contributed by atoms with Crippen molar-refractivity contribution in [1.29, 1.82) is 0 Å². The number of ether oxygens (including phenoxy) is 2. The van der Waals surface area contributed by atoms with Gasteiger partial charge in [-0.25, -0.2) is 0 Å². The van der Waals surface area contributed by atoms with Gasteiger partial charge < -0.3 is 25.8 Å². The van der Waals surface area contributed by atoms with Crippen LogP contribution in [0.5, 0.6) is 6.01 Å². The average molecular weight is 298 g/mol. The normalized spacial score (nSPS) is 10.5. The number of methoxy groups -OCH3 is 1. The summed E-state index contributed by atoms with van der Waals surface area (Å²) in [7, 11) is 1.58. The first-order valence-electron chi connectivity index (χ1n) is 6.69. The zero-order valence-corrected chi connectivity index (χ0v) is 12.5. The first-order valence-corrected chi connectivity index (χ1v) is 6.69. The molecule has 0 fully saturated rings. The molecule has 1 aromatic heterocycles. The number of nitrogens with one attached hydrogen (secondary N) is 2. The van der Waals surface area contributed by atoms with Crippen molar-refractivity contribution >= 4 is 17.8 Å². The summed E-state index contributed by atoms with van der Waals surface area (Å²) in [6.07, 6.45) is 0.224. The molecule has 0 aromatic carbocycles. The predicted octanol–water partition coefficient (Wildman–Crippen LogP) is -0.194. The fourth-order valence-electron chi connectivity index (χ4n) is 1.38. The molecule has 4 N–H and O–H groups in total. The van der Waals surface area contributed by atoms with Gasteiger partial charge in [-0.3, -0.25) is 4.79 Å². The Bertz CT molecular complexity index is 455. The number of nitrogen functional groups attached to an aromatic ring is 1. The van der Waals surface area contributed by atoms with Crippen molar-refractivity contribution in [3.63, 3.8) is 0 Å². The third kappa shape index (κ3) is 7.25. The van der Waals surface area contributed by atoms with Crippen LogP contribution in [0.25, 0.3) is 0 Å². The largest absolute Gasteiger partial charge is 0.461 e. The molecule has 21 heavy (non-hydrogen) atoms. The molecule has 0 aliphatic carbocycles. The summed E-state index contributed by atoms with van der Waals surface area (Å²) in [5.41, 5.74) is 5.57. The number of carbonyl (C=O) groups excluding carboxylic acids is 1. The molecule has 0 spiro atoms. The molecule has 9 nitrogen and oxygen atoms in total. The van der Waals surface area contributed by atoms with Crippen LogP contribution < -0.4 is 21.1 Å². The quantitative estimate of drug-likeness (QED) is 0.536. The van der Waals surface area contributed by atoms with Gasteiger partial charge in [0.15, 0.2) is 0 Å². The minimum atomic E-state index is -0.0831. The Kier molecular flexibility index (Phi) is 7.16. The highest BCUT2D eigenvalue weighted by atomic mass is 16.5. The van der Waals surface area contributed by atoms with Crippen molar-refractivity contribution in [2.75, 3.05) is 37.9 Å². The Morgan fingerprint density at radius 2 is 2.05 bits per heavy atom. The monoisotopic (exact) mass is 298 g/mol. The molecule has 0 unspecified atom stereocenters. The van der Waals surface area contributed by atoms with E-state index in [4.69, 9.17) is 15.2 Å². The van der Waals surface area contributed by atoms with E-state index in [0.717, 1.165) is 0 Å². The Morgan fingerprint density at radius 3 is 2.71 bits per heavy atom. The van der Waals surface area contributed by atoms with Crippen LogP contribution in [-0.4, -0.2) is 53.8 Å². The standard InChI is InChI=1S/C12H22N6O3/c1-8(2)21-12-17-10(13)16-11(18-12)15-5-4-9(19)14-6-7-20-3/h8H,4-7H2,1-3H3,(H,14,19)(H3,13,15,16,17,18). The lowest BCUT2D eigenvalue weighted by Gasteiger charge is -2.10. The van der Waals surface area contributed by atoms with E-state index >= 15 is 0 Å². The number of nitrogens with zero attached hydrogens (tertiary/aromatic N) is 3. The molecular weight excluding hydrogens is 276 g/mol. The number of carbonyl (C=O) groups is 1. The van der Waals surface area contributed by atoms with E-state index in [-0.39, 0.29) is 36.3 Å². The highest BCUT2D eigenvalue weighted by Gasteiger charge is 2.07. The van der Waals surface area contributed by atoms with Crippen molar-refractivity contribution in [3.8, 4) is 6.01 Å². The van der Waals surface area contributed by atoms with Gasteiger partial charge in [0.1, 0.15) is 0 Å². The molecule has 1 aromatic rings. The van der Waals surface area contributed by atoms with Crippen LogP contribution in [-0.2, 0) is 9.53 Å². The van der Waals surface area contributed by atoms with Gasteiger partial charge in [0, 0.05) is 26.6 Å². The second-order valence-electron chi connectivity index (χ2n) is 4.49. The van der Waals surface area contributed by atoms with E-state index in [0.29, 0.717) is 19.7 Å². The fraction of sp³-hybridized carbons (Fsp3) is 0.667. The van der Waals surface area contributed by atoms with Crippen LogP contribution >= 0.6 is 0 Å². The summed E-state index contributed by atoms with van der Waals surface area (Å²) < 4.78 is 10.2. The lowest BCUT2D eigenvalue weighted by molar-refractivity contribution is -0.121. The van der Waals surface area contributed by atoms with E-state index in [1.54, 1.807) is 7.11 Å². The molecule has 118 valence electrons. The van der Waals surface area contributed by atoms with Crippen LogP contribution in [0.2, 0.25) is 0 Å². The lowest BCUT2D eigenvalue weighted by atomic mass is 10.4. The zero-order valence-electron chi connectivity index (χ0n) is 12.5.